The molecular formula is C18H17Cl3N4O. The van der Waals surface area contributed by atoms with Crippen molar-refractivity contribution >= 4 is 52.5 Å². The molecule has 2 rings (SSSR count). The molecule has 26 heavy (non-hydrogen) atoms. The molecule has 1 heterocycles. The summed E-state index contributed by atoms with van der Waals surface area (Å²) in [4.78, 5) is 12.4. The lowest BCUT2D eigenvalue weighted by Gasteiger charge is -2.07. The van der Waals surface area contributed by atoms with Crippen LogP contribution in [0, 0.1) is 24.2 Å². The lowest BCUT2D eigenvalue weighted by Crippen LogP contribution is -2.13. The predicted octanol–water partition coefficient (Wildman–Crippen LogP) is 5.35. The molecule has 1 aromatic heterocycles. The largest absolute Gasteiger partial charge is 0.320 e. The van der Waals surface area contributed by atoms with Crippen molar-refractivity contribution in [2.45, 2.75) is 27.3 Å². The first-order chi connectivity index (χ1) is 12.2. The van der Waals surface area contributed by atoms with Gasteiger partial charge in [-0.2, -0.15) is 10.4 Å². The third kappa shape index (κ3) is 4.79. The molecule has 0 aliphatic carbocycles. The Balaban J connectivity index is 2.31. The number of amides is 1. The van der Waals surface area contributed by atoms with Gasteiger partial charge in [0.05, 0.1) is 16.4 Å². The van der Waals surface area contributed by atoms with Gasteiger partial charge in [-0.25, -0.2) is 0 Å². The number of aromatic nitrogens is 2. The van der Waals surface area contributed by atoms with Crippen molar-refractivity contribution in [3.05, 3.63) is 50.2 Å². The smallest absolute Gasteiger partial charge is 0.266 e. The number of nitriles is 1. The number of hydrogen-bond donors (Lipinski definition) is 1. The van der Waals surface area contributed by atoms with E-state index >= 15 is 0 Å². The van der Waals surface area contributed by atoms with Crippen LogP contribution in [-0.4, -0.2) is 15.7 Å². The van der Waals surface area contributed by atoms with Gasteiger partial charge in [0, 0.05) is 17.1 Å². The molecule has 1 N–H and O–H groups in total. The second-order valence-corrected chi connectivity index (χ2v) is 7.32. The number of halogens is 3. The minimum atomic E-state index is -0.594. The molecule has 136 valence electrons. The number of hydrogen-bond acceptors (Lipinski definition) is 3. The average molecular weight is 412 g/mol. The molecule has 0 fully saturated rings. The fourth-order valence-corrected chi connectivity index (χ4v) is 3.03. The zero-order valence-corrected chi connectivity index (χ0v) is 16.7. The second-order valence-electron chi connectivity index (χ2n) is 6.11. The highest BCUT2D eigenvalue weighted by atomic mass is 35.5. The standard InChI is InChI=1S/C18H17Cl3N4O/c1-10(2)9-25-17(21)14(11(3)24-25)6-12(8-22)18(26)23-16-5-4-13(19)7-15(16)20/h4-7,10H,9H2,1-3H3,(H,23,26)/b12-6+. The summed E-state index contributed by atoms with van der Waals surface area (Å²) in [5, 5.41) is 17.5. The molecule has 0 radical (unpaired) electrons. The first-order valence-corrected chi connectivity index (χ1v) is 8.97. The molecule has 8 heteroatoms. The van der Waals surface area contributed by atoms with E-state index in [1.165, 1.54) is 12.1 Å². The van der Waals surface area contributed by atoms with Gasteiger partial charge in [-0.1, -0.05) is 48.7 Å². The fraction of sp³-hybridized carbons (Fsp3) is 0.278. The summed E-state index contributed by atoms with van der Waals surface area (Å²) in [6.45, 7) is 6.51. The molecule has 0 unspecified atom stereocenters. The summed E-state index contributed by atoms with van der Waals surface area (Å²) in [6.07, 6.45) is 1.43. The Morgan fingerprint density at radius 2 is 2.08 bits per heavy atom. The van der Waals surface area contributed by atoms with Crippen LogP contribution in [0.1, 0.15) is 25.1 Å². The highest BCUT2D eigenvalue weighted by Crippen LogP contribution is 2.27. The van der Waals surface area contributed by atoms with Crippen molar-refractivity contribution < 1.29 is 4.79 Å². The van der Waals surface area contributed by atoms with Gasteiger partial charge in [-0.3, -0.25) is 9.48 Å². The van der Waals surface area contributed by atoms with E-state index < -0.39 is 5.91 Å². The highest BCUT2D eigenvalue weighted by Gasteiger charge is 2.17. The third-order valence-corrected chi connectivity index (χ3v) is 4.43. The molecule has 0 saturated heterocycles. The van der Waals surface area contributed by atoms with E-state index in [1.807, 2.05) is 19.9 Å². The normalized spacial score (nSPS) is 11.5. The lowest BCUT2D eigenvalue weighted by atomic mass is 10.1. The van der Waals surface area contributed by atoms with Crippen molar-refractivity contribution in [1.82, 2.24) is 9.78 Å². The topological polar surface area (TPSA) is 70.7 Å². The van der Waals surface area contributed by atoms with E-state index in [0.717, 1.165) is 0 Å². The minimum absolute atomic E-state index is 0.106. The molecule has 0 bridgehead atoms. The summed E-state index contributed by atoms with van der Waals surface area (Å²) in [6, 6.07) is 6.55. The molecule has 5 nitrogen and oxygen atoms in total. The summed E-state index contributed by atoms with van der Waals surface area (Å²) in [7, 11) is 0. The maximum atomic E-state index is 12.4. The van der Waals surface area contributed by atoms with Crippen LogP contribution in [-0.2, 0) is 11.3 Å². The highest BCUT2D eigenvalue weighted by molar-refractivity contribution is 6.37. The van der Waals surface area contributed by atoms with E-state index in [0.29, 0.717) is 39.6 Å². The molecule has 0 atom stereocenters. The van der Waals surface area contributed by atoms with Gasteiger partial charge in [-0.15, -0.1) is 0 Å². The summed E-state index contributed by atoms with van der Waals surface area (Å²) in [5.41, 5.74) is 1.44. The zero-order chi connectivity index (χ0) is 19.4. The van der Waals surface area contributed by atoms with Crippen molar-refractivity contribution in [2.75, 3.05) is 5.32 Å². The SMILES string of the molecule is Cc1nn(CC(C)C)c(Cl)c1/C=C(\C#N)C(=O)Nc1ccc(Cl)cc1Cl. The first-order valence-electron chi connectivity index (χ1n) is 7.84. The van der Waals surface area contributed by atoms with Crippen LogP contribution in [0.25, 0.3) is 6.08 Å². The molecule has 0 aliphatic heterocycles. The zero-order valence-electron chi connectivity index (χ0n) is 14.5. The van der Waals surface area contributed by atoms with E-state index in [-0.39, 0.29) is 10.6 Å². The Morgan fingerprint density at radius 1 is 1.38 bits per heavy atom. The van der Waals surface area contributed by atoms with Gasteiger partial charge in [0.1, 0.15) is 16.8 Å². The maximum absolute atomic E-state index is 12.4. The maximum Gasteiger partial charge on any atom is 0.266 e. The summed E-state index contributed by atoms with van der Waals surface area (Å²) >= 11 is 18.2. The first kappa shape index (κ1) is 20.3. The van der Waals surface area contributed by atoms with Crippen LogP contribution in [0.5, 0.6) is 0 Å². The number of anilines is 1. The quantitative estimate of drug-likeness (QED) is 0.532. The van der Waals surface area contributed by atoms with Gasteiger partial charge in [0.25, 0.3) is 5.91 Å². The molecular weight excluding hydrogens is 395 g/mol. The number of nitrogens with zero attached hydrogens (tertiary/aromatic N) is 3. The van der Waals surface area contributed by atoms with E-state index in [4.69, 9.17) is 34.8 Å². The van der Waals surface area contributed by atoms with Crippen molar-refractivity contribution in [2.24, 2.45) is 5.92 Å². The van der Waals surface area contributed by atoms with E-state index in [1.54, 1.807) is 23.7 Å². The van der Waals surface area contributed by atoms with Crippen LogP contribution in [0.2, 0.25) is 15.2 Å². The minimum Gasteiger partial charge on any atom is -0.320 e. The predicted molar refractivity (Wildman–Crippen MR) is 105 cm³/mol. The number of benzene rings is 1. The third-order valence-electron chi connectivity index (χ3n) is 3.48. The van der Waals surface area contributed by atoms with E-state index in [9.17, 15) is 10.1 Å². The summed E-state index contributed by atoms with van der Waals surface area (Å²) in [5.74, 6) is -0.238. The monoisotopic (exact) mass is 410 g/mol. The molecule has 0 aliphatic rings. The molecule has 1 amide bonds. The number of carbonyl (C=O) groups is 1. The van der Waals surface area contributed by atoms with Gasteiger partial charge < -0.3 is 5.32 Å². The van der Waals surface area contributed by atoms with Crippen LogP contribution in [0.4, 0.5) is 5.69 Å². The van der Waals surface area contributed by atoms with Gasteiger partial charge in [0.2, 0.25) is 0 Å². The Kier molecular flexibility index (Phi) is 6.71. The molecule has 1 aromatic carbocycles. The van der Waals surface area contributed by atoms with Gasteiger partial charge in [0.15, 0.2) is 0 Å². The van der Waals surface area contributed by atoms with Crippen LogP contribution < -0.4 is 5.32 Å². The van der Waals surface area contributed by atoms with Crippen LogP contribution in [0.15, 0.2) is 23.8 Å². The van der Waals surface area contributed by atoms with E-state index in [2.05, 4.69) is 10.4 Å². The Hall–Kier alpha value is -2.00. The Labute approximate surface area is 167 Å². The van der Waals surface area contributed by atoms with Crippen molar-refractivity contribution in [1.29, 1.82) is 5.26 Å². The van der Waals surface area contributed by atoms with Gasteiger partial charge in [-0.05, 0) is 37.1 Å². The molecule has 0 saturated carbocycles. The Morgan fingerprint density at radius 3 is 2.65 bits per heavy atom. The van der Waals surface area contributed by atoms with Crippen LogP contribution in [0.3, 0.4) is 0 Å². The fourth-order valence-electron chi connectivity index (χ4n) is 2.27. The summed E-state index contributed by atoms with van der Waals surface area (Å²) < 4.78 is 1.66. The number of carbonyl (C=O) groups excluding carboxylic acids is 1. The second kappa shape index (κ2) is 8.59. The molecule has 2 aromatic rings. The average Bonchev–Trinajstić information content (AvgIpc) is 2.81. The van der Waals surface area contributed by atoms with Crippen LogP contribution >= 0.6 is 34.8 Å². The van der Waals surface area contributed by atoms with Gasteiger partial charge >= 0.3 is 0 Å². The lowest BCUT2D eigenvalue weighted by molar-refractivity contribution is -0.112. The number of aryl methyl sites for hydroxylation is 1. The number of rotatable bonds is 5. The molecule has 0 spiro atoms. The van der Waals surface area contributed by atoms with Crippen molar-refractivity contribution in [3.8, 4) is 6.07 Å². The van der Waals surface area contributed by atoms with Crippen molar-refractivity contribution in [3.63, 3.8) is 0 Å². The number of nitrogens with one attached hydrogen (secondary N) is 1. The Bertz CT molecular complexity index is 910.